The molecular weight excluding hydrogens is 298 g/mol. The molecule has 0 unspecified atom stereocenters. The monoisotopic (exact) mass is 304 g/mol. The van der Waals surface area contributed by atoms with Crippen molar-refractivity contribution in [3.63, 3.8) is 0 Å². The number of carbonyl (C=O) groups excluding carboxylic acids is 1. The highest BCUT2D eigenvalue weighted by Crippen LogP contribution is 2.32. The average Bonchev–Trinajstić information content (AvgIpc) is 2.30. The predicted octanol–water partition coefficient (Wildman–Crippen LogP) is 2.37. The Bertz CT molecular complexity index is 486. The highest BCUT2D eigenvalue weighted by molar-refractivity contribution is 9.10. The third kappa shape index (κ3) is 2.97. The van der Waals surface area contributed by atoms with Crippen LogP contribution in [0.5, 0.6) is 0 Å². The summed E-state index contributed by atoms with van der Waals surface area (Å²) in [6.45, 7) is 0. The van der Waals surface area contributed by atoms with E-state index in [1.807, 2.05) is 0 Å². The van der Waals surface area contributed by atoms with Gasteiger partial charge in [-0.25, -0.2) is 13.8 Å². The zero-order chi connectivity index (χ0) is 13.0. The molecule has 0 N–H and O–H groups in total. The summed E-state index contributed by atoms with van der Waals surface area (Å²) in [6.07, 6.45) is -1.83. The largest absolute Gasteiger partial charge is 0.469 e. The molecule has 0 aliphatic rings. The lowest BCUT2D eigenvalue weighted by Gasteiger charge is -2.09. The number of carbonyl (C=O) groups is 1. The van der Waals surface area contributed by atoms with Crippen molar-refractivity contribution in [1.29, 1.82) is 5.26 Å². The SMILES string of the molecule is COC(=O)Cc1cnc(C#N)c(C(F)F)c1Br. The van der Waals surface area contributed by atoms with Gasteiger partial charge in [0.1, 0.15) is 11.8 Å². The van der Waals surface area contributed by atoms with Crippen LogP contribution in [0.4, 0.5) is 8.78 Å². The number of hydrogen-bond acceptors (Lipinski definition) is 4. The summed E-state index contributed by atoms with van der Waals surface area (Å²) in [5.74, 6) is -0.572. The van der Waals surface area contributed by atoms with Crippen LogP contribution in [0.15, 0.2) is 10.7 Å². The summed E-state index contributed by atoms with van der Waals surface area (Å²) in [4.78, 5) is 14.6. The van der Waals surface area contributed by atoms with E-state index in [4.69, 9.17) is 5.26 Å². The third-order valence-electron chi connectivity index (χ3n) is 2.01. The highest BCUT2D eigenvalue weighted by atomic mass is 79.9. The summed E-state index contributed by atoms with van der Waals surface area (Å²) < 4.78 is 29.9. The molecule has 0 saturated carbocycles. The van der Waals surface area contributed by atoms with Crippen LogP contribution in [-0.2, 0) is 16.0 Å². The number of esters is 1. The number of hydrogen-bond donors (Lipinski definition) is 0. The van der Waals surface area contributed by atoms with Gasteiger partial charge in [0.25, 0.3) is 6.43 Å². The van der Waals surface area contributed by atoms with E-state index in [0.717, 1.165) is 0 Å². The van der Waals surface area contributed by atoms with Crippen molar-refractivity contribution < 1.29 is 18.3 Å². The number of pyridine rings is 1. The second-order valence-corrected chi connectivity index (χ2v) is 3.82. The Morgan fingerprint density at radius 1 is 1.71 bits per heavy atom. The molecule has 0 bridgehead atoms. The summed E-state index contributed by atoms with van der Waals surface area (Å²) in [5, 5.41) is 8.65. The number of nitriles is 1. The normalized spacial score (nSPS) is 10.1. The number of halogens is 3. The van der Waals surface area contributed by atoms with Crippen molar-refractivity contribution >= 4 is 21.9 Å². The molecule has 0 aliphatic heterocycles. The van der Waals surface area contributed by atoms with Crippen LogP contribution in [0.25, 0.3) is 0 Å². The number of ether oxygens (including phenoxy) is 1. The number of alkyl halides is 2. The molecule has 17 heavy (non-hydrogen) atoms. The number of methoxy groups -OCH3 is 1. The van der Waals surface area contributed by atoms with Crippen LogP contribution in [0, 0.1) is 11.3 Å². The minimum absolute atomic E-state index is 0.0180. The predicted molar refractivity (Wildman–Crippen MR) is 57.3 cm³/mol. The fourth-order valence-corrected chi connectivity index (χ4v) is 1.79. The maximum atomic E-state index is 12.7. The van der Waals surface area contributed by atoms with Crippen LogP contribution >= 0.6 is 15.9 Å². The fourth-order valence-electron chi connectivity index (χ4n) is 1.18. The molecule has 0 saturated heterocycles. The molecule has 0 atom stereocenters. The Morgan fingerprint density at radius 3 is 2.82 bits per heavy atom. The second kappa shape index (κ2) is 5.68. The first-order valence-corrected chi connectivity index (χ1v) is 5.22. The standard InChI is InChI=1S/C10H7BrF2N2O2/c1-17-7(16)2-5-4-15-6(3-14)8(9(5)11)10(12)13/h4,10H,2H2,1H3. The van der Waals surface area contributed by atoms with Gasteiger partial charge in [0, 0.05) is 10.7 Å². The molecule has 0 fully saturated rings. The van der Waals surface area contributed by atoms with E-state index < -0.39 is 18.0 Å². The fraction of sp³-hybridized carbons (Fsp3) is 0.300. The molecule has 0 amide bonds. The molecule has 1 aromatic rings. The van der Waals surface area contributed by atoms with Crippen LogP contribution in [0.2, 0.25) is 0 Å². The van der Waals surface area contributed by atoms with Crippen LogP contribution in [0.3, 0.4) is 0 Å². The van der Waals surface area contributed by atoms with E-state index in [1.165, 1.54) is 13.3 Å². The third-order valence-corrected chi connectivity index (χ3v) is 2.95. The summed E-state index contributed by atoms with van der Waals surface area (Å²) in [5.41, 5.74) is -0.611. The Kier molecular flexibility index (Phi) is 4.52. The smallest absolute Gasteiger partial charge is 0.310 e. The van der Waals surface area contributed by atoms with Crippen molar-refractivity contribution in [3.8, 4) is 6.07 Å². The number of nitrogens with zero attached hydrogens (tertiary/aromatic N) is 2. The molecule has 4 nitrogen and oxygen atoms in total. The van der Waals surface area contributed by atoms with Crippen molar-refractivity contribution in [2.75, 3.05) is 7.11 Å². The van der Waals surface area contributed by atoms with Crippen molar-refractivity contribution in [3.05, 3.63) is 27.5 Å². The lowest BCUT2D eigenvalue weighted by atomic mass is 10.1. The maximum Gasteiger partial charge on any atom is 0.310 e. The number of rotatable bonds is 3. The van der Waals surface area contributed by atoms with Crippen molar-refractivity contribution in [1.82, 2.24) is 4.98 Å². The molecule has 1 aromatic heterocycles. The molecule has 0 aliphatic carbocycles. The average molecular weight is 305 g/mol. The molecule has 0 spiro atoms. The van der Waals surface area contributed by atoms with E-state index in [9.17, 15) is 13.6 Å². The summed E-state index contributed by atoms with van der Waals surface area (Å²) in [7, 11) is 1.20. The highest BCUT2D eigenvalue weighted by Gasteiger charge is 2.21. The van der Waals surface area contributed by atoms with Gasteiger partial charge in [0.05, 0.1) is 19.1 Å². The van der Waals surface area contributed by atoms with Gasteiger partial charge < -0.3 is 4.74 Å². The topological polar surface area (TPSA) is 63.0 Å². The summed E-state index contributed by atoms with van der Waals surface area (Å²) >= 11 is 2.95. The molecule has 0 aromatic carbocycles. The lowest BCUT2D eigenvalue weighted by Crippen LogP contribution is -2.08. The molecular formula is C10H7BrF2N2O2. The van der Waals surface area contributed by atoms with Gasteiger partial charge in [-0.15, -0.1) is 0 Å². The van der Waals surface area contributed by atoms with Crippen LogP contribution < -0.4 is 0 Å². The van der Waals surface area contributed by atoms with Gasteiger partial charge in [-0.1, -0.05) is 0 Å². The van der Waals surface area contributed by atoms with Crippen molar-refractivity contribution in [2.45, 2.75) is 12.8 Å². The first-order valence-electron chi connectivity index (χ1n) is 4.43. The van der Waals surface area contributed by atoms with E-state index in [1.54, 1.807) is 6.07 Å². The van der Waals surface area contributed by atoms with Crippen molar-refractivity contribution in [2.24, 2.45) is 0 Å². The Labute approximate surface area is 104 Å². The lowest BCUT2D eigenvalue weighted by molar-refractivity contribution is -0.139. The zero-order valence-corrected chi connectivity index (χ0v) is 10.3. The quantitative estimate of drug-likeness (QED) is 0.804. The van der Waals surface area contributed by atoms with E-state index >= 15 is 0 Å². The van der Waals surface area contributed by atoms with Crippen LogP contribution in [-0.4, -0.2) is 18.1 Å². The van der Waals surface area contributed by atoms with Gasteiger partial charge in [-0.3, -0.25) is 4.79 Å². The Balaban J connectivity index is 3.24. The Hall–Kier alpha value is -1.55. The number of aromatic nitrogens is 1. The maximum absolute atomic E-state index is 12.7. The van der Waals surface area contributed by atoms with E-state index in [0.29, 0.717) is 0 Å². The van der Waals surface area contributed by atoms with Gasteiger partial charge >= 0.3 is 5.97 Å². The minimum Gasteiger partial charge on any atom is -0.469 e. The first-order chi connectivity index (χ1) is 8.01. The van der Waals surface area contributed by atoms with E-state index in [-0.39, 0.29) is 22.2 Å². The van der Waals surface area contributed by atoms with Gasteiger partial charge in [-0.05, 0) is 21.5 Å². The van der Waals surface area contributed by atoms with Gasteiger partial charge in [-0.2, -0.15) is 5.26 Å². The molecule has 90 valence electrons. The molecule has 0 radical (unpaired) electrons. The second-order valence-electron chi connectivity index (χ2n) is 3.03. The van der Waals surface area contributed by atoms with Gasteiger partial charge in [0.15, 0.2) is 0 Å². The molecule has 1 rings (SSSR count). The summed E-state index contributed by atoms with van der Waals surface area (Å²) in [6, 6.07) is 1.57. The first kappa shape index (κ1) is 13.5. The molecule has 1 heterocycles. The molecule has 7 heteroatoms. The van der Waals surface area contributed by atoms with Gasteiger partial charge in [0.2, 0.25) is 0 Å². The minimum atomic E-state index is -2.84. The Morgan fingerprint density at radius 2 is 2.35 bits per heavy atom. The van der Waals surface area contributed by atoms with Crippen LogP contribution in [0.1, 0.15) is 23.2 Å². The van der Waals surface area contributed by atoms with E-state index in [2.05, 4.69) is 25.7 Å². The zero-order valence-electron chi connectivity index (χ0n) is 8.71.